The molecular formula is C19H21IN2O2. The third kappa shape index (κ3) is 5.63. The van der Waals surface area contributed by atoms with Crippen LogP contribution in [-0.4, -0.2) is 36.9 Å². The summed E-state index contributed by atoms with van der Waals surface area (Å²) in [4.78, 5) is 25.9. The zero-order chi connectivity index (χ0) is 17.4. The van der Waals surface area contributed by atoms with Gasteiger partial charge in [-0.2, -0.15) is 0 Å². The number of carbonyl (C=O) groups is 2. The Labute approximate surface area is 156 Å². The summed E-state index contributed by atoms with van der Waals surface area (Å²) in [6.45, 7) is 0.693. The van der Waals surface area contributed by atoms with Gasteiger partial charge in [0.05, 0.1) is 12.1 Å². The second-order valence-corrected chi connectivity index (χ2v) is 6.73. The highest BCUT2D eigenvalue weighted by Crippen LogP contribution is 2.10. The number of hydrogen-bond acceptors (Lipinski definition) is 2. The summed E-state index contributed by atoms with van der Waals surface area (Å²) in [6, 6.07) is 17.5. The smallest absolute Gasteiger partial charge is 0.252 e. The molecule has 126 valence electrons. The molecule has 0 saturated carbocycles. The first-order valence-corrected chi connectivity index (χ1v) is 8.96. The van der Waals surface area contributed by atoms with Gasteiger partial charge in [0, 0.05) is 17.2 Å². The summed E-state index contributed by atoms with van der Waals surface area (Å²) < 4.78 is 0.872. The second-order valence-electron chi connectivity index (χ2n) is 5.57. The molecule has 0 aliphatic carbocycles. The van der Waals surface area contributed by atoms with Crippen LogP contribution in [0.15, 0.2) is 54.6 Å². The maximum Gasteiger partial charge on any atom is 0.252 e. The molecule has 0 saturated heterocycles. The fourth-order valence-corrected chi connectivity index (χ4v) is 2.95. The van der Waals surface area contributed by atoms with Crippen molar-refractivity contribution >= 4 is 34.4 Å². The summed E-state index contributed by atoms with van der Waals surface area (Å²) in [7, 11) is 1.77. The Morgan fingerprint density at radius 3 is 2.42 bits per heavy atom. The van der Waals surface area contributed by atoms with Crippen molar-refractivity contribution in [2.45, 2.75) is 12.8 Å². The van der Waals surface area contributed by atoms with Crippen molar-refractivity contribution in [2.24, 2.45) is 0 Å². The van der Waals surface area contributed by atoms with Gasteiger partial charge in [0.15, 0.2) is 0 Å². The van der Waals surface area contributed by atoms with Gasteiger partial charge in [0.2, 0.25) is 5.91 Å². The van der Waals surface area contributed by atoms with Gasteiger partial charge in [0.25, 0.3) is 5.91 Å². The molecule has 5 heteroatoms. The van der Waals surface area contributed by atoms with Crippen LogP contribution in [-0.2, 0) is 11.2 Å². The topological polar surface area (TPSA) is 49.4 Å². The molecule has 0 fully saturated rings. The molecule has 0 unspecified atom stereocenters. The van der Waals surface area contributed by atoms with Crippen LogP contribution in [0, 0.1) is 3.57 Å². The number of likely N-dealkylation sites (N-methyl/N-ethyl adjacent to an activating group) is 1. The molecule has 2 aromatic carbocycles. The summed E-state index contributed by atoms with van der Waals surface area (Å²) >= 11 is 2.11. The number of nitrogens with one attached hydrogen (secondary N) is 1. The number of rotatable bonds is 7. The first-order chi connectivity index (χ1) is 11.6. The van der Waals surface area contributed by atoms with Gasteiger partial charge in [-0.15, -0.1) is 0 Å². The van der Waals surface area contributed by atoms with E-state index in [2.05, 4.69) is 40.0 Å². The molecule has 2 rings (SSSR count). The number of halogens is 1. The van der Waals surface area contributed by atoms with E-state index >= 15 is 0 Å². The summed E-state index contributed by atoms with van der Waals surface area (Å²) in [5, 5.41) is 2.69. The Bertz CT molecular complexity index is 689. The van der Waals surface area contributed by atoms with E-state index in [1.807, 2.05) is 36.4 Å². The standard InChI is InChI=1S/C19H21IN2O2/c1-22(13-7-10-15-8-3-2-4-9-15)18(23)14-21-19(24)16-11-5-6-12-17(16)20/h2-6,8-9,11-12H,7,10,13-14H2,1H3,(H,21,24). The summed E-state index contributed by atoms with van der Waals surface area (Å²) in [5.74, 6) is -0.298. The van der Waals surface area contributed by atoms with Crippen molar-refractivity contribution in [3.63, 3.8) is 0 Å². The molecule has 0 aliphatic rings. The van der Waals surface area contributed by atoms with E-state index in [4.69, 9.17) is 0 Å². The van der Waals surface area contributed by atoms with E-state index < -0.39 is 0 Å². The molecular weight excluding hydrogens is 415 g/mol. The van der Waals surface area contributed by atoms with E-state index in [1.165, 1.54) is 5.56 Å². The molecule has 0 bridgehead atoms. The average Bonchev–Trinajstić information content (AvgIpc) is 2.60. The SMILES string of the molecule is CN(CCCc1ccccc1)C(=O)CNC(=O)c1ccccc1I. The predicted octanol–water partition coefficient (Wildman–Crippen LogP) is 3.11. The molecule has 0 heterocycles. The lowest BCUT2D eigenvalue weighted by molar-refractivity contribution is -0.128. The van der Waals surface area contributed by atoms with E-state index in [-0.39, 0.29) is 18.4 Å². The first kappa shape index (κ1) is 18.4. The fraction of sp³-hybridized carbons (Fsp3) is 0.263. The lowest BCUT2D eigenvalue weighted by atomic mass is 10.1. The number of aryl methyl sites for hydroxylation is 1. The van der Waals surface area contributed by atoms with Crippen molar-refractivity contribution < 1.29 is 9.59 Å². The van der Waals surface area contributed by atoms with Crippen LogP contribution >= 0.6 is 22.6 Å². The maximum atomic E-state index is 12.1. The Hall–Kier alpha value is -1.89. The fourth-order valence-electron chi connectivity index (χ4n) is 2.32. The van der Waals surface area contributed by atoms with Crippen LogP contribution < -0.4 is 5.32 Å². The van der Waals surface area contributed by atoms with Crippen LogP contribution in [0.1, 0.15) is 22.3 Å². The molecule has 0 aromatic heterocycles. The van der Waals surface area contributed by atoms with Crippen LogP contribution in [0.4, 0.5) is 0 Å². The minimum atomic E-state index is -0.217. The Morgan fingerprint density at radius 1 is 1.04 bits per heavy atom. The molecule has 4 nitrogen and oxygen atoms in total. The normalized spacial score (nSPS) is 10.2. The number of amides is 2. The molecule has 0 atom stereocenters. The highest BCUT2D eigenvalue weighted by Gasteiger charge is 2.13. The van der Waals surface area contributed by atoms with E-state index in [9.17, 15) is 9.59 Å². The van der Waals surface area contributed by atoms with Gasteiger partial charge in [-0.25, -0.2) is 0 Å². The van der Waals surface area contributed by atoms with Gasteiger partial charge in [-0.1, -0.05) is 42.5 Å². The lowest BCUT2D eigenvalue weighted by Gasteiger charge is -2.17. The van der Waals surface area contributed by atoms with Crippen molar-refractivity contribution in [2.75, 3.05) is 20.1 Å². The second kappa shape index (κ2) is 9.42. The third-order valence-electron chi connectivity index (χ3n) is 3.75. The maximum absolute atomic E-state index is 12.1. The highest BCUT2D eigenvalue weighted by atomic mass is 127. The molecule has 1 N–H and O–H groups in total. The largest absolute Gasteiger partial charge is 0.344 e. The number of benzene rings is 2. The van der Waals surface area contributed by atoms with E-state index in [0.717, 1.165) is 16.4 Å². The van der Waals surface area contributed by atoms with Gasteiger partial charge in [-0.3, -0.25) is 9.59 Å². The van der Waals surface area contributed by atoms with Crippen LogP contribution in [0.3, 0.4) is 0 Å². The molecule has 2 aromatic rings. The van der Waals surface area contributed by atoms with Crippen LogP contribution in [0.5, 0.6) is 0 Å². The van der Waals surface area contributed by atoms with E-state index in [0.29, 0.717) is 12.1 Å². The predicted molar refractivity (Wildman–Crippen MR) is 104 cm³/mol. The summed E-state index contributed by atoms with van der Waals surface area (Å²) in [5.41, 5.74) is 1.86. The third-order valence-corrected chi connectivity index (χ3v) is 4.69. The Kier molecular flexibility index (Phi) is 7.24. The summed E-state index contributed by atoms with van der Waals surface area (Å²) in [6.07, 6.45) is 1.84. The number of nitrogens with zero attached hydrogens (tertiary/aromatic N) is 1. The van der Waals surface area contributed by atoms with Crippen LogP contribution in [0.25, 0.3) is 0 Å². The van der Waals surface area contributed by atoms with Crippen molar-refractivity contribution in [1.82, 2.24) is 10.2 Å². The number of carbonyl (C=O) groups excluding carboxylic acids is 2. The molecule has 0 aliphatic heterocycles. The molecule has 0 spiro atoms. The number of hydrogen-bond donors (Lipinski definition) is 1. The van der Waals surface area contributed by atoms with Crippen molar-refractivity contribution in [3.8, 4) is 0 Å². The van der Waals surface area contributed by atoms with Gasteiger partial charge < -0.3 is 10.2 Å². The monoisotopic (exact) mass is 436 g/mol. The highest BCUT2D eigenvalue weighted by molar-refractivity contribution is 14.1. The van der Waals surface area contributed by atoms with Crippen molar-refractivity contribution in [1.29, 1.82) is 0 Å². The van der Waals surface area contributed by atoms with Gasteiger partial charge in [0.1, 0.15) is 0 Å². The molecule has 24 heavy (non-hydrogen) atoms. The zero-order valence-electron chi connectivity index (χ0n) is 13.7. The van der Waals surface area contributed by atoms with Gasteiger partial charge >= 0.3 is 0 Å². The molecule has 2 amide bonds. The molecule has 0 radical (unpaired) electrons. The van der Waals surface area contributed by atoms with E-state index in [1.54, 1.807) is 18.0 Å². The van der Waals surface area contributed by atoms with Crippen LogP contribution in [0.2, 0.25) is 0 Å². The minimum Gasteiger partial charge on any atom is -0.344 e. The first-order valence-electron chi connectivity index (χ1n) is 7.88. The van der Waals surface area contributed by atoms with Gasteiger partial charge in [-0.05, 0) is 53.1 Å². The quantitative estimate of drug-likeness (QED) is 0.679. The lowest BCUT2D eigenvalue weighted by Crippen LogP contribution is -2.38. The zero-order valence-corrected chi connectivity index (χ0v) is 15.8. The Balaban J connectivity index is 1.73. The minimum absolute atomic E-state index is 0.0195. The van der Waals surface area contributed by atoms with Crippen molar-refractivity contribution in [3.05, 3.63) is 69.3 Å². The Morgan fingerprint density at radius 2 is 1.71 bits per heavy atom. The average molecular weight is 436 g/mol.